The summed E-state index contributed by atoms with van der Waals surface area (Å²) in [5, 5.41) is 0. The van der Waals surface area contributed by atoms with Gasteiger partial charge in [-0.25, -0.2) is 4.79 Å². The smallest absolute Gasteiger partial charge is 0.343 e. The van der Waals surface area contributed by atoms with Crippen LogP contribution in [0.2, 0.25) is 0 Å². The third-order valence-corrected chi connectivity index (χ3v) is 2.78. The normalized spacial score (nSPS) is 9.90. The molecule has 0 aliphatic heterocycles. The minimum atomic E-state index is -0.491. The molecule has 0 atom stereocenters. The third-order valence-electron chi connectivity index (χ3n) is 2.78. The zero-order valence-electron chi connectivity index (χ0n) is 11.3. The molecule has 0 heterocycles. The number of esters is 1. The second-order valence-corrected chi connectivity index (χ2v) is 4.29. The van der Waals surface area contributed by atoms with Crippen molar-refractivity contribution in [2.45, 2.75) is 6.92 Å². The van der Waals surface area contributed by atoms with Gasteiger partial charge in [0.25, 0.3) is 0 Å². The maximum atomic E-state index is 12.1. The first-order valence-electron chi connectivity index (χ1n) is 6.06. The maximum Gasteiger partial charge on any atom is 0.343 e. The SMILES string of the molecule is COc1ccc(C=O)cc1OC(=O)c1cccc(C)c1. The second kappa shape index (κ2) is 6.02. The van der Waals surface area contributed by atoms with Crippen molar-refractivity contribution in [3.8, 4) is 11.5 Å². The summed E-state index contributed by atoms with van der Waals surface area (Å²) in [6.07, 6.45) is 0.684. The van der Waals surface area contributed by atoms with Crippen LogP contribution in [0, 0.1) is 6.92 Å². The first-order valence-corrected chi connectivity index (χ1v) is 6.06. The van der Waals surface area contributed by atoms with Crippen molar-refractivity contribution in [2.75, 3.05) is 7.11 Å². The number of hydrogen-bond acceptors (Lipinski definition) is 4. The van der Waals surface area contributed by atoms with Crippen LogP contribution in [-0.2, 0) is 0 Å². The van der Waals surface area contributed by atoms with Crippen LogP contribution in [0.5, 0.6) is 11.5 Å². The molecule has 0 spiro atoms. The van der Waals surface area contributed by atoms with Gasteiger partial charge in [-0.1, -0.05) is 17.7 Å². The molecule has 20 heavy (non-hydrogen) atoms. The number of rotatable bonds is 4. The Morgan fingerprint density at radius 2 is 1.90 bits per heavy atom. The largest absolute Gasteiger partial charge is 0.493 e. The van der Waals surface area contributed by atoms with Crippen LogP contribution in [0.25, 0.3) is 0 Å². The van der Waals surface area contributed by atoms with E-state index in [1.807, 2.05) is 13.0 Å². The molecule has 0 aliphatic rings. The lowest BCUT2D eigenvalue weighted by Crippen LogP contribution is -2.09. The summed E-state index contributed by atoms with van der Waals surface area (Å²) >= 11 is 0. The molecule has 0 aliphatic carbocycles. The van der Waals surface area contributed by atoms with Crippen molar-refractivity contribution in [1.29, 1.82) is 0 Å². The third kappa shape index (κ3) is 3.03. The highest BCUT2D eigenvalue weighted by Crippen LogP contribution is 2.28. The van der Waals surface area contributed by atoms with Crippen molar-refractivity contribution < 1.29 is 19.1 Å². The molecule has 4 heteroatoms. The van der Waals surface area contributed by atoms with Gasteiger partial charge in [-0.05, 0) is 37.3 Å². The number of methoxy groups -OCH3 is 1. The quantitative estimate of drug-likeness (QED) is 0.487. The Balaban J connectivity index is 2.29. The lowest BCUT2D eigenvalue weighted by atomic mass is 10.1. The molecule has 0 N–H and O–H groups in total. The zero-order valence-corrected chi connectivity index (χ0v) is 11.3. The molecule has 4 nitrogen and oxygen atoms in total. The number of aldehydes is 1. The van der Waals surface area contributed by atoms with Gasteiger partial charge >= 0.3 is 5.97 Å². The molecule has 0 radical (unpaired) electrons. The number of benzene rings is 2. The van der Waals surface area contributed by atoms with E-state index in [0.29, 0.717) is 23.2 Å². The lowest BCUT2D eigenvalue weighted by molar-refractivity contribution is 0.0729. The van der Waals surface area contributed by atoms with Gasteiger partial charge in [0.2, 0.25) is 0 Å². The van der Waals surface area contributed by atoms with Crippen LogP contribution in [0.15, 0.2) is 42.5 Å². The van der Waals surface area contributed by atoms with Gasteiger partial charge in [0.05, 0.1) is 12.7 Å². The first-order chi connectivity index (χ1) is 9.63. The minimum absolute atomic E-state index is 0.226. The van der Waals surface area contributed by atoms with Gasteiger partial charge in [0.1, 0.15) is 6.29 Å². The summed E-state index contributed by atoms with van der Waals surface area (Å²) in [4.78, 5) is 22.8. The topological polar surface area (TPSA) is 52.6 Å². The second-order valence-electron chi connectivity index (χ2n) is 4.29. The molecule has 102 valence electrons. The van der Waals surface area contributed by atoms with E-state index in [0.717, 1.165) is 5.56 Å². The number of carbonyl (C=O) groups is 2. The fraction of sp³-hybridized carbons (Fsp3) is 0.125. The maximum absolute atomic E-state index is 12.1. The Kier molecular flexibility index (Phi) is 4.15. The summed E-state index contributed by atoms with van der Waals surface area (Å²) in [7, 11) is 1.47. The van der Waals surface area contributed by atoms with E-state index in [9.17, 15) is 9.59 Å². The Hall–Kier alpha value is -2.62. The van der Waals surface area contributed by atoms with Crippen LogP contribution < -0.4 is 9.47 Å². The van der Waals surface area contributed by atoms with Crippen LogP contribution in [0.3, 0.4) is 0 Å². The highest BCUT2D eigenvalue weighted by atomic mass is 16.6. The molecular weight excluding hydrogens is 256 g/mol. The van der Waals surface area contributed by atoms with Gasteiger partial charge in [0.15, 0.2) is 11.5 Å². The monoisotopic (exact) mass is 270 g/mol. The van der Waals surface area contributed by atoms with Crippen molar-refractivity contribution >= 4 is 12.3 Å². The Labute approximate surface area is 116 Å². The molecule has 0 fully saturated rings. The van der Waals surface area contributed by atoms with Gasteiger partial charge in [-0.3, -0.25) is 4.79 Å². The minimum Gasteiger partial charge on any atom is -0.493 e. The summed E-state index contributed by atoms with van der Waals surface area (Å²) in [5.41, 5.74) is 1.83. The predicted octanol–water partition coefficient (Wildman–Crippen LogP) is 3.04. The van der Waals surface area contributed by atoms with Crippen LogP contribution in [0.1, 0.15) is 26.3 Å². The average Bonchev–Trinajstić information content (AvgIpc) is 2.47. The molecule has 0 saturated heterocycles. The Bertz CT molecular complexity index is 647. The lowest BCUT2D eigenvalue weighted by Gasteiger charge is -2.09. The van der Waals surface area contributed by atoms with Crippen LogP contribution in [-0.4, -0.2) is 19.4 Å². The number of ether oxygens (including phenoxy) is 2. The van der Waals surface area contributed by atoms with E-state index in [2.05, 4.69) is 0 Å². The van der Waals surface area contributed by atoms with E-state index in [-0.39, 0.29) is 5.75 Å². The molecular formula is C16H14O4. The number of carbonyl (C=O) groups excluding carboxylic acids is 2. The molecule has 0 aromatic heterocycles. The van der Waals surface area contributed by atoms with Gasteiger partial charge in [-0.2, -0.15) is 0 Å². The summed E-state index contributed by atoms with van der Waals surface area (Å²) < 4.78 is 10.4. The summed E-state index contributed by atoms with van der Waals surface area (Å²) in [6, 6.07) is 11.7. The predicted molar refractivity (Wildman–Crippen MR) is 74.5 cm³/mol. The van der Waals surface area contributed by atoms with E-state index >= 15 is 0 Å². The fourth-order valence-corrected chi connectivity index (χ4v) is 1.78. The van der Waals surface area contributed by atoms with E-state index in [1.165, 1.54) is 13.2 Å². The van der Waals surface area contributed by atoms with E-state index in [4.69, 9.17) is 9.47 Å². The Morgan fingerprint density at radius 3 is 2.55 bits per heavy atom. The number of aryl methyl sites for hydroxylation is 1. The standard InChI is InChI=1S/C16H14O4/c1-11-4-3-5-13(8-11)16(18)20-15-9-12(10-17)6-7-14(15)19-2/h3-10H,1-2H3. The van der Waals surface area contributed by atoms with Gasteiger partial charge < -0.3 is 9.47 Å². The summed E-state index contributed by atoms with van der Waals surface area (Å²) in [5.74, 6) is 0.134. The van der Waals surface area contributed by atoms with Crippen molar-refractivity contribution in [3.63, 3.8) is 0 Å². The van der Waals surface area contributed by atoms with Gasteiger partial charge in [0, 0.05) is 5.56 Å². The molecule has 0 unspecified atom stereocenters. The van der Waals surface area contributed by atoms with Crippen LogP contribution in [0.4, 0.5) is 0 Å². The highest BCUT2D eigenvalue weighted by Gasteiger charge is 2.13. The summed E-state index contributed by atoms with van der Waals surface area (Å²) in [6.45, 7) is 1.89. The molecule has 2 aromatic rings. The molecule has 0 saturated carbocycles. The molecule has 0 amide bonds. The fourth-order valence-electron chi connectivity index (χ4n) is 1.78. The Morgan fingerprint density at radius 1 is 1.10 bits per heavy atom. The zero-order chi connectivity index (χ0) is 14.5. The average molecular weight is 270 g/mol. The highest BCUT2D eigenvalue weighted by molar-refractivity contribution is 5.91. The van der Waals surface area contributed by atoms with Crippen molar-refractivity contribution in [2.24, 2.45) is 0 Å². The number of hydrogen-bond donors (Lipinski definition) is 0. The van der Waals surface area contributed by atoms with Gasteiger partial charge in [-0.15, -0.1) is 0 Å². The van der Waals surface area contributed by atoms with E-state index in [1.54, 1.807) is 30.3 Å². The van der Waals surface area contributed by atoms with Crippen molar-refractivity contribution in [3.05, 3.63) is 59.2 Å². The van der Waals surface area contributed by atoms with Crippen LogP contribution >= 0.6 is 0 Å². The molecule has 2 rings (SSSR count). The first kappa shape index (κ1) is 13.8. The molecule has 0 bridgehead atoms. The van der Waals surface area contributed by atoms with Crippen molar-refractivity contribution in [1.82, 2.24) is 0 Å². The molecule has 2 aromatic carbocycles. The van der Waals surface area contributed by atoms with E-state index < -0.39 is 5.97 Å².